The van der Waals surface area contributed by atoms with E-state index in [1.807, 2.05) is 4.57 Å². The Hall–Kier alpha value is -2.82. The first-order valence-corrected chi connectivity index (χ1v) is 9.73. The Bertz CT molecular complexity index is 916. The SMILES string of the molecule is Cn1cnc(C(=O)N2CCN3CCn4c(C(=O)NC5CCC5)nnc4[C@H]3C2)n1. The molecule has 1 saturated heterocycles. The fraction of sp³-hybridized carbons (Fsp3) is 0.647. The number of nitrogens with one attached hydrogen (secondary N) is 1. The number of carbonyl (C=O) groups excluding carboxylic acids is 2. The predicted molar refractivity (Wildman–Crippen MR) is 96.3 cm³/mol. The van der Waals surface area contributed by atoms with Gasteiger partial charge in [0.15, 0.2) is 5.82 Å². The number of hydrogen-bond donors (Lipinski definition) is 1. The Morgan fingerprint density at radius 2 is 1.96 bits per heavy atom. The number of fused-ring (bicyclic) bond motifs is 3. The molecule has 5 rings (SSSR count). The number of carbonyl (C=O) groups is 2. The number of aryl methyl sites for hydroxylation is 1. The summed E-state index contributed by atoms with van der Waals surface area (Å²) in [5, 5.41) is 15.6. The van der Waals surface area contributed by atoms with Gasteiger partial charge in [-0.1, -0.05) is 0 Å². The van der Waals surface area contributed by atoms with E-state index in [-0.39, 0.29) is 29.7 Å². The summed E-state index contributed by atoms with van der Waals surface area (Å²) < 4.78 is 3.43. The maximum atomic E-state index is 12.7. The van der Waals surface area contributed by atoms with Crippen molar-refractivity contribution in [2.75, 3.05) is 26.2 Å². The van der Waals surface area contributed by atoms with Crippen LogP contribution in [0, 0.1) is 0 Å². The zero-order chi connectivity index (χ0) is 19.3. The van der Waals surface area contributed by atoms with Crippen LogP contribution >= 0.6 is 0 Å². The molecule has 1 N–H and O–H groups in total. The first kappa shape index (κ1) is 17.3. The van der Waals surface area contributed by atoms with E-state index in [4.69, 9.17) is 0 Å². The van der Waals surface area contributed by atoms with Crippen LogP contribution in [0.1, 0.15) is 52.4 Å². The normalized spacial score (nSPS) is 22.3. The summed E-state index contributed by atoms with van der Waals surface area (Å²) in [5.41, 5.74) is 0. The van der Waals surface area contributed by atoms with Crippen LogP contribution in [-0.4, -0.2) is 83.4 Å². The van der Waals surface area contributed by atoms with E-state index in [1.165, 1.54) is 11.0 Å². The largest absolute Gasteiger partial charge is 0.347 e. The van der Waals surface area contributed by atoms with Gasteiger partial charge in [0.2, 0.25) is 11.6 Å². The highest BCUT2D eigenvalue weighted by molar-refractivity contribution is 5.91. The minimum Gasteiger partial charge on any atom is -0.347 e. The van der Waals surface area contributed by atoms with Gasteiger partial charge in [-0.05, 0) is 19.3 Å². The van der Waals surface area contributed by atoms with E-state index in [0.717, 1.165) is 38.2 Å². The molecule has 1 aliphatic carbocycles. The van der Waals surface area contributed by atoms with Crippen LogP contribution in [0.25, 0.3) is 0 Å². The number of hydrogen-bond acceptors (Lipinski definition) is 7. The first-order valence-electron chi connectivity index (χ1n) is 9.73. The van der Waals surface area contributed by atoms with Crippen molar-refractivity contribution < 1.29 is 9.59 Å². The number of rotatable bonds is 3. The Labute approximate surface area is 161 Å². The smallest absolute Gasteiger partial charge is 0.293 e. The summed E-state index contributed by atoms with van der Waals surface area (Å²) >= 11 is 0. The van der Waals surface area contributed by atoms with Crippen molar-refractivity contribution in [2.24, 2.45) is 7.05 Å². The minimum atomic E-state index is -0.181. The number of piperazine rings is 1. The maximum Gasteiger partial charge on any atom is 0.293 e. The van der Waals surface area contributed by atoms with Crippen LogP contribution in [-0.2, 0) is 13.6 Å². The fourth-order valence-electron chi connectivity index (χ4n) is 4.08. The van der Waals surface area contributed by atoms with Crippen LogP contribution in [0.3, 0.4) is 0 Å². The predicted octanol–water partition coefficient (Wildman–Crippen LogP) is -0.798. The van der Waals surface area contributed by atoms with Crippen LogP contribution < -0.4 is 5.32 Å². The molecule has 2 fully saturated rings. The summed E-state index contributed by atoms with van der Waals surface area (Å²) in [6, 6.07) is 0.183. The number of amides is 2. The lowest BCUT2D eigenvalue weighted by Crippen LogP contribution is -2.54. The molecule has 11 nitrogen and oxygen atoms in total. The van der Waals surface area contributed by atoms with Gasteiger partial charge < -0.3 is 14.8 Å². The van der Waals surface area contributed by atoms with Gasteiger partial charge in [-0.25, -0.2) is 4.98 Å². The Kier molecular flexibility index (Phi) is 4.11. The van der Waals surface area contributed by atoms with Crippen molar-refractivity contribution in [3.05, 3.63) is 23.8 Å². The summed E-state index contributed by atoms with van der Waals surface area (Å²) in [4.78, 5) is 33.4. The monoisotopic (exact) mass is 385 g/mol. The van der Waals surface area contributed by atoms with Gasteiger partial charge in [-0.3, -0.25) is 19.2 Å². The second-order valence-corrected chi connectivity index (χ2v) is 7.68. The second-order valence-electron chi connectivity index (χ2n) is 7.68. The Balaban J connectivity index is 1.35. The molecule has 4 heterocycles. The minimum absolute atomic E-state index is 0.0760. The highest BCUT2D eigenvalue weighted by Crippen LogP contribution is 2.29. The quantitative estimate of drug-likeness (QED) is 0.736. The van der Waals surface area contributed by atoms with E-state index in [9.17, 15) is 9.59 Å². The molecular weight excluding hydrogens is 362 g/mol. The molecule has 0 unspecified atom stereocenters. The van der Waals surface area contributed by atoms with Crippen molar-refractivity contribution in [3.63, 3.8) is 0 Å². The molecular formula is C17H23N9O2. The van der Waals surface area contributed by atoms with Gasteiger partial charge in [-0.15, -0.1) is 15.3 Å². The third kappa shape index (κ3) is 2.86. The molecule has 0 radical (unpaired) electrons. The standard InChI is InChI=1S/C17H23N9O2/c1-23-10-18-13(22-23)17(28)25-6-5-24-7-8-26-14(12(24)9-25)20-21-15(26)16(27)19-11-3-2-4-11/h10-12H,2-9H2,1H3,(H,19,27)/t12-/m1/s1. The Morgan fingerprint density at radius 1 is 1.14 bits per heavy atom. The van der Waals surface area contributed by atoms with Crippen molar-refractivity contribution in [2.45, 2.75) is 37.9 Å². The molecule has 2 aromatic heterocycles. The molecule has 3 aliphatic rings. The van der Waals surface area contributed by atoms with Crippen LogP contribution in [0.5, 0.6) is 0 Å². The van der Waals surface area contributed by atoms with Crippen molar-refractivity contribution >= 4 is 11.8 Å². The van der Waals surface area contributed by atoms with Crippen molar-refractivity contribution in [1.29, 1.82) is 0 Å². The molecule has 0 aromatic carbocycles. The summed E-state index contributed by atoms with van der Waals surface area (Å²) in [7, 11) is 1.74. The average Bonchev–Trinajstić information content (AvgIpc) is 3.30. The summed E-state index contributed by atoms with van der Waals surface area (Å²) in [6.45, 7) is 3.35. The van der Waals surface area contributed by atoms with Gasteiger partial charge >= 0.3 is 0 Å². The second kappa shape index (κ2) is 6.66. The zero-order valence-corrected chi connectivity index (χ0v) is 15.8. The van der Waals surface area contributed by atoms with E-state index < -0.39 is 0 Å². The molecule has 1 atom stereocenters. The van der Waals surface area contributed by atoms with E-state index in [0.29, 0.717) is 25.5 Å². The summed E-state index contributed by atoms with van der Waals surface area (Å²) in [6.07, 6.45) is 4.74. The van der Waals surface area contributed by atoms with Crippen LogP contribution in [0.4, 0.5) is 0 Å². The third-order valence-electron chi connectivity index (χ3n) is 5.90. The molecule has 0 spiro atoms. The molecule has 2 amide bonds. The molecule has 11 heteroatoms. The topological polar surface area (TPSA) is 114 Å². The van der Waals surface area contributed by atoms with Crippen molar-refractivity contribution in [1.82, 2.24) is 44.6 Å². The van der Waals surface area contributed by atoms with Crippen LogP contribution in [0.15, 0.2) is 6.33 Å². The van der Waals surface area contributed by atoms with Crippen molar-refractivity contribution in [3.8, 4) is 0 Å². The van der Waals surface area contributed by atoms with Gasteiger partial charge in [0.1, 0.15) is 6.33 Å². The maximum absolute atomic E-state index is 12.7. The lowest BCUT2D eigenvalue weighted by atomic mass is 9.93. The Morgan fingerprint density at radius 3 is 2.68 bits per heavy atom. The fourth-order valence-corrected chi connectivity index (χ4v) is 4.08. The molecule has 148 valence electrons. The van der Waals surface area contributed by atoms with Gasteiger partial charge in [-0.2, -0.15) is 0 Å². The van der Waals surface area contributed by atoms with Gasteiger partial charge in [0, 0.05) is 45.8 Å². The molecule has 2 aliphatic heterocycles. The molecule has 1 saturated carbocycles. The van der Waals surface area contributed by atoms with Gasteiger partial charge in [0.05, 0.1) is 6.04 Å². The molecule has 28 heavy (non-hydrogen) atoms. The lowest BCUT2D eigenvalue weighted by molar-refractivity contribution is 0.0363. The van der Waals surface area contributed by atoms with Gasteiger partial charge in [0.25, 0.3) is 11.8 Å². The molecule has 2 aromatic rings. The van der Waals surface area contributed by atoms with Crippen LogP contribution in [0.2, 0.25) is 0 Å². The highest BCUT2D eigenvalue weighted by Gasteiger charge is 2.39. The number of nitrogens with zero attached hydrogens (tertiary/aromatic N) is 8. The van der Waals surface area contributed by atoms with E-state index in [2.05, 4.69) is 30.5 Å². The average molecular weight is 385 g/mol. The molecule has 0 bridgehead atoms. The first-order chi connectivity index (χ1) is 13.6. The lowest BCUT2D eigenvalue weighted by Gasteiger charge is -2.43. The highest BCUT2D eigenvalue weighted by atomic mass is 16.2. The zero-order valence-electron chi connectivity index (χ0n) is 15.8. The van der Waals surface area contributed by atoms with E-state index >= 15 is 0 Å². The third-order valence-corrected chi connectivity index (χ3v) is 5.90. The number of aromatic nitrogens is 6. The van der Waals surface area contributed by atoms with E-state index in [1.54, 1.807) is 11.9 Å². The summed E-state index contributed by atoms with van der Waals surface area (Å²) in [5.74, 6) is 0.986.